The molecule has 8 heteroatoms. The normalized spacial score (nSPS) is 21.0. The van der Waals surface area contributed by atoms with E-state index in [1.807, 2.05) is 35.2 Å². The summed E-state index contributed by atoms with van der Waals surface area (Å²) in [4.78, 5) is 6.35. The number of aliphatic hydroxyl groups is 1. The van der Waals surface area contributed by atoms with Gasteiger partial charge in [0.25, 0.3) is 11.8 Å². The summed E-state index contributed by atoms with van der Waals surface area (Å²) in [6, 6.07) is 9.62. The zero-order valence-electron chi connectivity index (χ0n) is 12.4. The lowest BCUT2D eigenvalue weighted by molar-refractivity contribution is 0.0408. The summed E-state index contributed by atoms with van der Waals surface area (Å²) in [7, 11) is 0. The van der Waals surface area contributed by atoms with Crippen LogP contribution in [0.15, 0.2) is 47.2 Å². The Morgan fingerprint density at radius 1 is 1.26 bits per heavy atom. The first-order valence-electron chi connectivity index (χ1n) is 7.42. The van der Waals surface area contributed by atoms with Gasteiger partial charge < -0.3 is 14.5 Å². The number of hydrogen-bond donors (Lipinski definition) is 1. The van der Waals surface area contributed by atoms with E-state index in [2.05, 4.69) is 20.5 Å². The SMILES string of the molecule is OC1(Cn2ccnn2)CCN(c2noc(-c3ccccc3)n2)C1. The summed E-state index contributed by atoms with van der Waals surface area (Å²) < 4.78 is 6.96. The van der Waals surface area contributed by atoms with Gasteiger partial charge in [-0.05, 0) is 23.7 Å². The molecule has 23 heavy (non-hydrogen) atoms. The largest absolute Gasteiger partial charge is 0.386 e. The fraction of sp³-hybridized carbons (Fsp3) is 0.333. The molecule has 3 heterocycles. The van der Waals surface area contributed by atoms with E-state index in [0.29, 0.717) is 37.9 Å². The van der Waals surface area contributed by atoms with Crippen LogP contribution in [-0.2, 0) is 6.54 Å². The molecule has 1 fully saturated rings. The lowest BCUT2D eigenvalue weighted by Crippen LogP contribution is -2.38. The summed E-state index contributed by atoms with van der Waals surface area (Å²) >= 11 is 0. The molecule has 0 spiro atoms. The van der Waals surface area contributed by atoms with Crippen LogP contribution in [0.5, 0.6) is 0 Å². The van der Waals surface area contributed by atoms with Crippen molar-refractivity contribution in [1.82, 2.24) is 25.1 Å². The Morgan fingerprint density at radius 2 is 2.13 bits per heavy atom. The summed E-state index contributed by atoms with van der Waals surface area (Å²) in [5, 5.41) is 22.4. The quantitative estimate of drug-likeness (QED) is 0.767. The molecule has 2 aromatic heterocycles. The number of benzene rings is 1. The van der Waals surface area contributed by atoms with Crippen molar-refractivity contribution in [3.63, 3.8) is 0 Å². The Balaban J connectivity index is 1.49. The van der Waals surface area contributed by atoms with Crippen molar-refractivity contribution in [3.05, 3.63) is 42.7 Å². The Morgan fingerprint density at radius 3 is 2.91 bits per heavy atom. The van der Waals surface area contributed by atoms with Gasteiger partial charge in [0.1, 0.15) is 5.60 Å². The Bertz CT molecular complexity index is 772. The number of anilines is 1. The molecule has 0 saturated carbocycles. The average Bonchev–Trinajstić information content (AvgIpc) is 3.29. The smallest absolute Gasteiger partial charge is 0.266 e. The summed E-state index contributed by atoms with van der Waals surface area (Å²) in [5.41, 5.74) is 0.00431. The van der Waals surface area contributed by atoms with Crippen LogP contribution in [0.2, 0.25) is 0 Å². The van der Waals surface area contributed by atoms with Gasteiger partial charge in [-0.1, -0.05) is 23.4 Å². The lowest BCUT2D eigenvalue weighted by Gasteiger charge is -2.22. The minimum absolute atomic E-state index is 0.396. The van der Waals surface area contributed by atoms with Gasteiger partial charge >= 0.3 is 0 Å². The molecule has 0 bridgehead atoms. The van der Waals surface area contributed by atoms with Crippen molar-refractivity contribution in [3.8, 4) is 11.5 Å². The molecule has 3 aromatic rings. The van der Waals surface area contributed by atoms with Crippen molar-refractivity contribution < 1.29 is 9.63 Å². The van der Waals surface area contributed by atoms with Crippen LogP contribution in [0.25, 0.3) is 11.5 Å². The topological polar surface area (TPSA) is 93.1 Å². The maximum absolute atomic E-state index is 10.7. The number of aromatic nitrogens is 5. The van der Waals surface area contributed by atoms with E-state index < -0.39 is 5.60 Å². The number of β-amino-alcohol motifs (C(OH)–C–C–N with tert-alkyl or cyclic N) is 1. The molecule has 1 saturated heterocycles. The van der Waals surface area contributed by atoms with Crippen molar-refractivity contribution in [1.29, 1.82) is 0 Å². The highest BCUT2D eigenvalue weighted by Gasteiger charge is 2.38. The molecule has 4 rings (SSSR count). The highest BCUT2D eigenvalue weighted by molar-refractivity contribution is 5.54. The van der Waals surface area contributed by atoms with Crippen LogP contribution >= 0.6 is 0 Å². The van der Waals surface area contributed by atoms with Crippen LogP contribution in [0, 0.1) is 0 Å². The summed E-state index contributed by atoms with van der Waals surface area (Å²) in [6.07, 6.45) is 3.95. The van der Waals surface area contributed by atoms with Gasteiger partial charge in [0, 0.05) is 18.3 Å². The van der Waals surface area contributed by atoms with Crippen LogP contribution in [0.4, 0.5) is 5.95 Å². The van der Waals surface area contributed by atoms with E-state index >= 15 is 0 Å². The maximum Gasteiger partial charge on any atom is 0.266 e. The molecule has 1 atom stereocenters. The van der Waals surface area contributed by atoms with E-state index in [9.17, 15) is 5.11 Å². The molecule has 1 aliphatic rings. The molecule has 0 aliphatic carbocycles. The van der Waals surface area contributed by atoms with Crippen molar-refractivity contribution in [2.24, 2.45) is 0 Å². The van der Waals surface area contributed by atoms with Gasteiger partial charge in [-0.15, -0.1) is 5.10 Å². The van der Waals surface area contributed by atoms with E-state index in [1.165, 1.54) is 0 Å². The fourth-order valence-corrected chi connectivity index (χ4v) is 2.82. The van der Waals surface area contributed by atoms with Crippen LogP contribution < -0.4 is 4.90 Å². The lowest BCUT2D eigenvalue weighted by atomic mass is 10.0. The third-order valence-electron chi connectivity index (χ3n) is 3.98. The molecule has 1 N–H and O–H groups in total. The third-order valence-corrected chi connectivity index (χ3v) is 3.98. The molecular weight excluding hydrogens is 296 g/mol. The Labute approximate surface area is 132 Å². The number of hydrogen-bond acceptors (Lipinski definition) is 7. The predicted molar refractivity (Wildman–Crippen MR) is 81.5 cm³/mol. The average molecular weight is 312 g/mol. The second-order valence-electron chi connectivity index (χ2n) is 5.76. The first-order chi connectivity index (χ1) is 11.2. The molecule has 0 amide bonds. The minimum Gasteiger partial charge on any atom is -0.386 e. The maximum atomic E-state index is 10.7. The fourth-order valence-electron chi connectivity index (χ4n) is 2.82. The molecule has 8 nitrogen and oxygen atoms in total. The van der Waals surface area contributed by atoms with Crippen molar-refractivity contribution in [2.45, 2.75) is 18.6 Å². The molecule has 1 aliphatic heterocycles. The molecule has 118 valence electrons. The van der Waals surface area contributed by atoms with Gasteiger partial charge in [-0.25, -0.2) is 4.68 Å². The van der Waals surface area contributed by atoms with E-state index in [1.54, 1.807) is 17.1 Å². The second-order valence-corrected chi connectivity index (χ2v) is 5.76. The summed E-state index contributed by atoms with van der Waals surface area (Å²) in [5.74, 6) is 0.977. The first kappa shape index (κ1) is 13.9. The van der Waals surface area contributed by atoms with Gasteiger partial charge in [-0.3, -0.25) is 0 Å². The van der Waals surface area contributed by atoms with E-state index in [4.69, 9.17) is 4.52 Å². The zero-order chi connectivity index (χ0) is 15.7. The zero-order valence-corrected chi connectivity index (χ0v) is 12.4. The monoisotopic (exact) mass is 312 g/mol. The molecule has 1 unspecified atom stereocenters. The second kappa shape index (κ2) is 5.47. The molecule has 0 radical (unpaired) electrons. The predicted octanol–water partition coefficient (Wildman–Crippen LogP) is 0.969. The van der Waals surface area contributed by atoms with Gasteiger partial charge in [-0.2, -0.15) is 4.98 Å². The standard InChI is InChI=1S/C15H16N6O2/c22-15(11-21-9-7-16-19-21)6-8-20(10-15)14-17-13(23-18-14)12-4-2-1-3-5-12/h1-5,7,9,22H,6,8,10-11H2. The first-order valence-corrected chi connectivity index (χ1v) is 7.42. The summed E-state index contributed by atoms with van der Waals surface area (Å²) in [6.45, 7) is 1.49. The Kier molecular flexibility index (Phi) is 3.30. The van der Waals surface area contributed by atoms with Crippen molar-refractivity contribution >= 4 is 5.95 Å². The number of rotatable bonds is 4. The van der Waals surface area contributed by atoms with Crippen LogP contribution in [0.1, 0.15) is 6.42 Å². The van der Waals surface area contributed by atoms with Crippen LogP contribution in [-0.4, -0.2) is 48.9 Å². The number of nitrogens with zero attached hydrogens (tertiary/aromatic N) is 6. The minimum atomic E-state index is -0.874. The van der Waals surface area contributed by atoms with Gasteiger partial charge in [0.2, 0.25) is 0 Å². The van der Waals surface area contributed by atoms with Crippen molar-refractivity contribution in [2.75, 3.05) is 18.0 Å². The van der Waals surface area contributed by atoms with E-state index in [-0.39, 0.29) is 0 Å². The highest BCUT2D eigenvalue weighted by Crippen LogP contribution is 2.28. The Hall–Kier alpha value is -2.74. The molecular formula is C15H16N6O2. The highest BCUT2D eigenvalue weighted by atomic mass is 16.5. The van der Waals surface area contributed by atoms with Gasteiger partial charge in [0.15, 0.2) is 0 Å². The van der Waals surface area contributed by atoms with E-state index in [0.717, 1.165) is 5.56 Å². The van der Waals surface area contributed by atoms with Crippen LogP contribution in [0.3, 0.4) is 0 Å². The molecule has 1 aromatic carbocycles. The third kappa shape index (κ3) is 2.80. The van der Waals surface area contributed by atoms with Gasteiger partial charge in [0.05, 0.1) is 19.3 Å².